The first-order valence-electron chi connectivity index (χ1n) is 4.77. The molecule has 0 unspecified atom stereocenters. The van der Waals surface area contributed by atoms with Crippen molar-refractivity contribution in [2.45, 2.75) is 6.54 Å². The Hall–Kier alpha value is -1.25. The highest BCUT2D eigenvalue weighted by Gasteiger charge is 2.05. The molecule has 0 saturated heterocycles. The fourth-order valence-electron chi connectivity index (χ4n) is 1.45. The Morgan fingerprint density at radius 1 is 1.06 bits per heavy atom. The van der Waals surface area contributed by atoms with Gasteiger partial charge in [0, 0.05) is 12.3 Å². The average molecular weight is 254 g/mol. The van der Waals surface area contributed by atoms with Crippen molar-refractivity contribution in [2.75, 3.05) is 0 Å². The lowest BCUT2D eigenvalue weighted by Gasteiger charge is -2.07. The Morgan fingerprint density at radius 2 is 1.88 bits per heavy atom. The maximum atomic E-state index is 11.5. The number of rotatable bonds is 2. The molecule has 0 saturated carbocycles. The Labute approximate surface area is 103 Å². The SMILES string of the molecule is O=c1ccccn1Cc1cccc(Cl)c1Cl. The van der Waals surface area contributed by atoms with E-state index in [0.29, 0.717) is 16.6 Å². The summed E-state index contributed by atoms with van der Waals surface area (Å²) in [5.74, 6) is 0. The fourth-order valence-corrected chi connectivity index (χ4v) is 1.83. The molecule has 2 nitrogen and oxygen atoms in total. The second-order valence-electron chi connectivity index (χ2n) is 3.38. The maximum absolute atomic E-state index is 11.5. The lowest BCUT2D eigenvalue weighted by Crippen LogP contribution is -2.18. The monoisotopic (exact) mass is 253 g/mol. The molecule has 2 rings (SSSR count). The van der Waals surface area contributed by atoms with Crippen molar-refractivity contribution in [3.63, 3.8) is 0 Å². The van der Waals surface area contributed by atoms with Crippen LogP contribution in [0.2, 0.25) is 10.0 Å². The van der Waals surface area contributed by atoms with E-state index in [1.807, 2.05) is 12.1 Å². The van der Waals surface area contributed by atoms with Gasteiger partial charge in [-0.25, -0.2) is 0 Å². The van der Waals surface area contributed by atoms with Gasteiger partial charge in [0.15, 0.2) is 0 Å². The minimum absolute atomic E-state index is 0.0569. The number of nitrogens with zero attached hydrogens (tertiary/aromatic N) is 1. The van der Waals surface area contributed by atoms with E-state index in [4.69, 9.17) is 23.2 Å². The Morgan fingerprint density at radius 3 is 2.62 bits per heavy atom. The zero-order valence-electron chi connectivity index (χ0n) is 8.36. The molecule has 0 fully saturated rings. The highest BCUT2D eigenvalue weighted by Crippen LogP contribution is 2.25. The molecule has 16 heavy (non-hydrogen) atoms. The van der Waals surface area contributed by atoms with Crippen molar-refractivity contribution < 1.29 is 0 Å². The summed E-state index contributed by atoms with van der Waals surface area (Å²) in [4.78, 5) is 11.5. The summed E-state index contributed by atoms with van der Waals surface area (Å²) in [5, 5.41) is 1.00. The van der Waals surface area contributed by atoms with Crippen molar-refractivity contribution in [3.05, 3.63) is 68.6 Å². The normalized spacial score (nSPS) is 10.4. The molecule has 0 bridgehead atoms. The molecule has 82 valence electrons. The van der Waals surface area contributed by atoms with Crippen molar-refractivity contribution >= 4 is 23.2 Å². The topological polar surface area (TPSA) is 22.0 Å². The summed E-state index contributed by atoms with van der Waals surface area (Å²) in [7, 11) is 0. The average Bonchev–Trinajstić information content (AvgIpc) is 2.28. The van der Waals surface area contributed by atoms with E-state index in [1.165, 1.54) is 6.07 Å². The number of halogens is 2. The zero-order valence-corrected chi connectivity index (χ0v) is 9.87. The predicted octanol–water partition coefficient (Wildman–Crippen LogP) is 3.20. The quantitative estimate of drug-likeness (QED) is 0.806. The molecule has 0 amide bonds. The molecule has 2 aromatic rings. The summed E-state index contributed by atoms with van der Waals surface area (Å²) in [6.45, 7) is 0.430. The van der Waals surface area contributed by atoms with Gasteiger partial charge in [-0.15, -0.1) is 0 Å². The van der Waals surface area contributed by atoms with Crippen LogP contribution in [0.15, 0.2) is 47.4 Å². The van der Waals surface area contributed by atoms with Crippen molar-refractivity contribution in [1.29, 1.82) is 0 Å². The van der Waals surface area contributed by atoms with Gasteiger partial charge in [-0.3, -0.25) is 4.79 Å². The van der Waals surface area contributed by atoms with Gasteiger partial charge in [0.2, 0.25) is 0 Å². The molecular weight excluding hydrogens is 245 g/mol. The van der Waals surface area contributed by atoms with E-state index >= 15 is 0 Å². The third-order valence-corrected chi connectivity index (χ3v) is 3.13. The van der Waals surface area contributed by atoms with E-state index in [1.54, 1.807) is 29.0 Å². The van der Waals surface area contributed by atoms with E-state index in [-0.39, 0.29) is 5.56 Å². The lowest BCUT2D eigenvalue weighted by molar-refractivity contribution is 0.760. The Bertz CT molecular complexity index is 563. The van der Waals surface area contributed by atoms with Crippen LogP contribution in [0.4, 0.5) is 0 Å². The second-order valence-corrected chi connectivity index (χ2v) is 4.16. The van der Waals surface area contributed by atoms with E-state index in [0.717, 1.165) is 5.56 Å². The van der Waals surface area contributed by atoms with E-state index in [9.17, 15) is 4.79 Å². The molecule has 0 radical (unpaired) electrons. The van der Waals surface area contributed by atoms with Crippen molar-refractivity contribution in [3.8, 4) is 0 Å². The highest BCUT2D eigenvalue weighted by molar-refractivity contribution is 6.42. The summed E-state index contributed by atoms with van der Waals surface area (Å²) in [6, 6.07) is 10.4. The van der Waals surface area contributed by atoms with E-state index < -0.39 is 0 Å². The van der Waals surface area contributed by atoms with Crippen LogP contribution < -0.4 is 5.56 Å². The third-order valence-electron chi connectivity index (χ3n) is 2.27. The van der Waals surface area contributed by atoms with Crippen LogP contribution in [0.3, 0.4) is 0 Å². The molecule has 1 aromatic carbocycles. The number of hydrogen-bond donors (Lipinski definition) is 0. The molecule has 1 aromatic heterocycles. The predicted molar refractivity (Wildman–Crippen MR) is 66.3 cm³/mol. The van der Waals surface area contributed by atoms with Gasteiger partial charge in [0.25, 0.3) is 5.56 Å². The summed E-state index contributed by atoms with van der Waals surface area (Å²) in [6.07, 6.45) is 1.72. The van der Waals surface area contributed by atoms with Gasteiger partial charge in [0.1, 0.15) is 0 Å². The Balaban J connectivity index is 2.38. The summed E-state index contributed by atoms with van der Waals surface area (Å²) in [5.41, 5.74) is 0.779. The molecule has 1 heterocycles. The zero-order chi connectivity index (χ0) is 11.5. The third kappa shape index (κ3) is 2.29. The molecule has 0 aliphatic rings. The van der Waals surface area contributed by atoms with Gasteiger partial charge in [0.05, 0.1) is 16.6 Å². The molecule has 4 heteroatoms. The first kappa shape index (κ1) is 11.2. The second kappa shape index (κ2) is 4.73. The lowest BCUT2D eigenvalue weighted by atomic mass is 10.2. The van der Waals surface area contributed by atoms with E-state index in [2.05, 4.69) is 0 Å². The van der Waals surface area contributed by atoms with Crippen molar-refractivity contribution in [1.82, 2.24) is 4.57 Å². The minimum Gasteiger partial charge on any atom is -0.311 e. The minimum atomic E-state index is -0.0569. The van der Waals surface area contributed by atoms with Gasteiger partial charge >= 0.3 is 0 Å². The van der Waals surface area contributed by atoms with Crippen molar-refractivity contribution in [2.24, 2.45) is 0 Å². The van der Waals surface area contributed by atoms with Crippen LogP contribution in [-0.4, -0.2) is 4.57 Å². The number of pyridine rings is 1. The fraction of sp³-hybridized carbons (Fsp3) is 0.0833. The number of hydrogen-bond acceptors (Lipinski definition) is 1. The highest BCUT2D eigenvalue weighted by atomic mass is 35.5. The first-order chi connectivity index (χ1) is 7.68. The van der Waals surface area contributed by atoms with Gasteiger partial charge < -0.3 is 4.57 Å². The standard InChI is InChI=1S/C12H9Cl2NO/c13-10-5-3-4-9(12(10)14)8-15-7-2-1-6-11(15)16/h1-7H,8H2. The van der Waals surface area contributed by atoms with Crippen LogP contribution in [-0.2, 0) is 6.54 Å². The van der Waals surface area contributed by atoms with Gasteiger partial charge in [-0.05, 0) is 17.7 Å². The summed E-state index contributed by atoms with van der Waals surface area (Å²) < 4.78 is 1.58. The molecule has 0 aliphatic carbocycles. The van der Waals surface area contributed by atoms with Crippen LogP contribution in [0.5, 0.6) is 0 Å². The van der Waals surface area contributed by atoms with Gasteiger partial charge in [-0.2, -0.15) is 0 Å². The van der Waals surface area contributed by atoms with Gasteiger partial charge in [-0.1, -0.05) is 41.4 Å². The molecule has 0 spiro atoms. The summed E-state index contributed by atoms with van der Waals surface area (Å²) >= 11 is 11.9. The molecule has 0 atom stereocenters. The first-order valence-corrected chi connectivity index (χ1v) is 5.52. The molecule has 0 aliphatic heterocycles. The largest absolute Gasteiger partial charge is 0.311 e. The Kier molecular flexibility index (Phi) is 3.32. The number of benzene rings is 1. The van der Waals surface area contributed by atoms with Crippen LogP contribution in [0, 0.1) is 0 Å². The maximum Gasteiger partial charge on any atom is 0.250 e. The van der Waals surface area contributed by atoms with Crippen LogP contribution in [0.25, 0.3) is 0 Å². The molecule has 0 N–H and O–H groups in total. The van der Waals surface area contributed by atoms with Crippen LogP contribution in [0.1, 0.15) is 5.56 Å². The number of aromatic nitrogens is 1. The smallest absolute Gasteiger partial charge is 0.250 e. The van der Waals surface area contributed by atoms with Crippen LogP contribution >= 0.6 is 23.2 Å². The molecular formula is C12H9Cl2NO.